The van der Waals surface area contributed by atoms with Gasteiger partial charge >= 0.3 is 0 Å². The van der Waals surface area contributed by atoms with Gasteiger partial charge in [0.15, 0.2) is 0 Å². The smallest absolute Gasteiger partial charge is 0.0236 e. The van der Waals surface area contributed by atoms with Gasteiger partial charge in [0.25, 0.3) is 0 Å². The molecule has 0 radical (unpaired) electrons. The lowest BCUT2D eigenvalue weighted by molar-refractivity contribution is 0.457. The summed E-state index contributed by atoms with van der Waals surface area (Å²) in [5.74, 6) is 2.58. The fraction of sp³-hybridized carbons (Fsp3) is 0.800. The molecular formula is C40H80. The van der Waals surface area contributed by atoms with Gasteiger partial charge in [-0.3, -0.25) is 0 Å². The van der Waals surface area contributed by atoms with E-state index in [4.69, 9.17) is 0 Å². The highest BCUT2D eigenvalue weighted by Crippen LogP contribution is 2.17. The first-order valence-electron chi connectivity index (χ1n) is 17.8. The molecule has 0 spiro atoms. The summed E-state index contributed by atoms with van der Waals surface area (Å²) in [6, 6.07) is 0. The molecule has 0 aliphatic carbocycles. The zero-order valence-electron chi connectivity index (χ0n) is 29.6. The maximum Gasteiger partial charge on any atom is -0.0236 e. The molecule has 0 aromatic rings. The Balaban J connectivity index is -0.000000216. The second-order valence-corrected chi connectivity index (χ2v) is 11.9. The van der Waals surface area contributed by atoms with Crippen LogP contribution in [0.3, 0.4) is 0 Å². The summed E-state index contributed by atoms with van der Waals surface area (Å²) in [4.78, 5) is 0. The zero-order chi connectivity index (χ0) is 31.3. The van der Waals surface area contributed by atoms with E-state index in [2.05, 4.69) is 87.8 Å². The number of unbranched alkanes of at least 4 members (excludes halogenated alkanes) is 5. The number of allylic oxidation sites excluding steroid dienone is 4. The van der Waals surface area contributed by atoms with E-state index in [9.17, 15) is 0 Å². The van der Waals surface area contributed by atoms with Gasteiger partial charge in [0.2, 0.25) is 0 Å². The van der Waals surface area contributed by atoms with E-state index < -0.39 is 0 Å². The molecule has 0 heteroatoms. The molecule has 0 amide bonds. The highest BCUT2D eigenvalue weighted by atomic mass is 14.1. The van der Waals surface area contributed by atoms with Gasteiger partial charge in [0, 0.05) is 0 Å². The fourth-order valence-corrected chi connectivity index (χ4v) is 4.51. The first kappa shape index (κ1) is 45.9. The normalized spacial score (nSPS) is 12.2. The van der Waals surface area contributed by atoms with Crippen molar-refractivity contribution in [1.82, 2.24) is 0 Å². The van der Waals surface area contributed by atoms with Crippen LogP contribution in [-0.2, 0) is 0 Å². The second kappa shape index (κ2) is 42.4. The Labute approximate surface area is 257 Å². The van der Waals surface area contributed by atoms with E-state index in [1.807, 2.05) is 12.2 Å². The van der Waals surface area contributed by atoms with Crippen molar-refractivity contribution in [3.8, 4) is 0 Å². The van der Waals surface area contributed by atoms with Gasteiger partial charge < -0.3 is 0 Å². The lowest BCUT2D eigenvalue weighted by Crippen LogP contribution is -1.95. The van der Waals surface area contributed by atoms with Gasteiger partial charge in [0.1, 0.15) is 0 Å². The minimum absolute atomic E-state index is 0.782. The lowest BCUT2D eigenvalue weighted by Gasteiger charge is -2.10. The van der Waals surface area contributed by atoms with Crippen molar-refractivity contribution in [2.45, 2.75) is 190 Å². The number of rotatable bonds is 24. The van der Waals surface area contributed by atoms with Crippen molar-refractivity contribution in [3.63, 3.8) is 0 Å². The van der Waals surface area contributed by atoms with Crippen molar-refractivity contribution in [2.24, 2.45) is 17.8 Å². The molecule has 3 atom stereocenters. The molecule has 40 heavy (non-hydrogen) atoms. The average molecular weight is 561 g/mol. The summed E-state index contributed by atoms with van der Waals surface area (Å²) >= 11 is 0. The van der Waals surface area contributed by atoms with Gasteiger partial charge in [-0.05, 0) is 75.5 Å². The molecule has 0 nitrogen and oxygen atoms in total. The van der Waals surface area contributed by atoms with Gasteiger partial charge in [0.05, 0.1) is 0 Å². The highest BCUT2D eigenvalue weighted by molar-refractivity contribution is 4.93. The summed E-state index contributed by atoms with van der Waals surface area (Å²) < 4.78 is 0. The predicted octanol–water partition coefficient (Wildman–Crippen LogP) is 15.3. The molecular weight excluding hydrogens is 480 g/mol. The first-order valence-corrected chi connectivity index (χ1v) is 17.8. The largest absolute Gasteiger partial charge is 0.103 e. The van der Waals surface area contributed by atoms with Crippen LogP contribution in [0.25, 0.3) is 0 Å². The average Bonchev–Trinajstić information content (AvgIpc) is 2.97. The minimum Gasteiger partial charge on any atom is -0.103 e. The topological polar surface area (TPSA) is 0 Å². The molecule has 0 heterocycles. The van der Waals surface area contributed by atoms with E-state index >= 15 is 0 Å². The van der Waals surface area contributed by atoms with Crippen molar-refractivity contribution >= 4 is 0 Å². The van der Waals surface area contributed by atoms with E-state index in [0.717, 1.165) is 17.8 Å². The van der Waals surface area contributed by atoms with Crippen molar-refractivity contribution in [1.29, 1.82) is 0 Å². The Morgan fingerprint density at radius 3 is 1.48 bits per heavy atom. The van der Waals surface area contributed by atoms with Crippen molar-refractivity contribution in [2.75, 3.05) is 0 Å². The maximum atomic E-state index is 4.03. The van der Waals surface area contributed by atoms with Crippen LogP contribution in [-0.4, -0.2) is 0 Å². The van der Waals surface area contributed by atoms with Crippen molar-refractivity contribution < 1.29 is 0 Å². The van der Waals surface area contributed by atoms with Crippen LogP contribution < -0.4 is 0 Å². The van der Waals surface area contributed by atoms with Gasteiger partial charge in [-0.1, -0.05) is 163 Å². The Kier molecular flexibility index (Phi) is 48.7. The molecule has 0 aliphatic rings. The zero-order valence-corrected chi connectivity index (χ0v) is 29.6. The Morgan fingerprint density at radius 1 is 0.575 bits per heavy atom. The Bertz CT molecular complexity index is 474. The van der Waals surface area contributed by atoms with Gasteiger partial charge in [-0.15, -0.1) is 19.7 Å². The molecule has 0 aromatic carbocycles. The SMILES string of the molecule is C=C(CCCC)CCCC.C=CC(CCC)CCCC.C=CCC(CC)CCCC.C=CCC[C@@H](C)CCCC. The quantitative estimate of drug-likeness (QED) is 0.103. The predicted molar refractivity (Wildman–Crippen MR) is 193 cm³/mol. The third-order valence-corrected chi connectivity index (χ3v) is 7.65. The molecule has 0 fully saturated rings. The van der Waals surface area contributed by atoms with E-state index in [-0.39, 0.29) is 0 Å². The Morgan fingerprint density at radius 2 is 1.07 bits per heavy atom. The number of hydrogen-bond acceptors (Lipinski definition) is 0. The minimum atomic E-state index is 0.782. The van der Waals surface area contributed by atoms with Crippen LogP contribution in [0.5, 0.6) is 0 Å². The molecule has 2 unspecified atom stereocenters. The summed E-state index contributed by atoms with van der Waals surface area (Å²) in [6.07, 6.45) is 33.8. The summed E-state index contributed by atoms with van der Waals surface area (Å²) in [6.45, 7) is 33.4. The van der Waals surface area contributed by atoms with Crippen LogP contribution in [0.4, 0.5) is 0 Å². The van der Waals surface area contributed by atoms with Crippen LogP contribution in [0, 0.1) is 17.8 Å². The molecule has 0 N–H and O–H groups in total. The monoisotopic (exact) mass is 561 g/mol. The molecule has 0 bridgehead atoms. The summed E-state index contributed by atoms with van der Waals surface area (Å²) in [7, 11) is 0. The van der Waals surface area contributed by atoms with E-state index in [1.54, 1.807) is 0 Å². The first-order chi connectivity index (χ1) is 19.3. The van der Waals surface area contributed by atoms with Crippen LogP contribution >= 0.6 is 0 Å². The molecule has 0 rings (SSSR count). The molecule has 240 valence electrons. The molecule has 0 aliphatic heterocycles. The standard InChI is InChI=1S/4C10H20/c2*1-4-6-8-10(3)9-7-5-2;2*1-4-7-9-10(6-3)8-5-2/h3-9H2,1-2H3;4,10H,1,5-9H2,2-3H3;6,10H,3-5,7-9H2,1-2H3;5,10H,2,4,6-9H2,1,3H3/t;10-;;/m.1../s1. The summed E-state index contributed by atoms with van der Waals surface area (Å²) in [5.41, 5.74) is 1.45. The number of hydrogen-bond donors (Lipinski definition) is 0. The van der Waals surface area contributed by atoms with E-state index in [0.29, 0.717) is 0 Å². The second-order valence-electron chi connectivity index (χ2n) is 11.9. The fourth-order valence-electron chi connectivity index (χ4n) is 4.51. The highest BCUT2D eigenvalue weighted by Gasteiger charge is 2.02. The Hall–Kier alpha value is -1.04. The van der Waals surface area contributed by atoms with Gasteiger partial charge in [-0.25, -0.2) is 0 Å². The molecule has 0 saturated heterocycles. The maximum absolute atomic E-state index is 4.03. The van der Waals surface area contributed by atoms with Crippen molar-refractivity contribution in [3.05, 3.63) is 50.1 Å². The summed E-state index contributed by atoms with van der Waals surface area (Å²) in [5, 5.41) is 0. The van der Waals surface area contributed by atoms with E-state index in [1.165, 1.54) is 140 Å². The third kappa shape index (κ3) is 44.0. The van der Waals surface area contributed by atoms with Crippen LogP contribution in [0.2, 0.25) is 0 Å². The third-order valence-electron chi connectivity index (χ3n) is 7.65. The van der Waals surface area contributed by atoms with Crippen LogP contribution in [0.15, 0.2) is 50.1 Å². The molecule has 0 saturated carbocycles. The van der Waals surface area contributed by atoms with Gasteiger partial charge in [-0.2, -0.15) is 0 Å². The lowest BCUT2D eigenvalue weighted by atomic mass is 9.96. The van der Waals surface area contributed by atoms with Crippen LogP contribution in [0.1, 0.15) is 190 Å². The molecule has 0 aromatic heterocycles.